The summed E-state index contributed by atoms with van der Waals surface area (Å²) in [6, 6.07) is 18.7. The van der Waals surface area contributed by atoms with E-state index >= 15 is 0 Å². The molecule has 2 aromatic carbocycles. The number of benzene rings is 2. The summed E-state index contributed by atoms with van der Waals surface area (Å²) < 4.78 is 4.63. The van der Waals surface area contributed by atoms with E-state index in [2.05, 4.69) is 14.9 Å². The van der Waals surface area contributed by atoms with Crippen molar-refractivity contribution in [2.24, 2.45) is 10.2 Å². The zero-order valence-electron chi connectivity index (χ0n) is 14.8. The van der Waals surface area contributed by atoms with E-state index in [1.807, 2.05) is 55.5 Å². The molecule has 136 valence electrons. The summed E-state index contributed by atoms with van der Waals surface area (Å²) in [4.78, 5) is 26.0. The van der Waals surface area contributed by atoms with Gasteiger partial charge in [-0.3, -0.25) is 9.69 Å². The first-order valence-corrected chi connectivity index (χ1v) is 8.96. The minimum atomic E-state index is -0.593. The number of hydrogen-bond donors (Lipinski definition) is 0. The highest BCUT2D eigenvalue weighted by atomic mass is 32.2. The fourth-order valence-corrected chi connectivity index (χ4v) is 3.26. The lowest BCUT2D eigenvalue weighted by Crippen LogP contribution is -2.28. The number of amides is 1. The number of carbonyl (C=O) groups excluding carboxylic acids is 2. The smallest absolute Gasteiger partial charge is 0.331 e. The number of amidine groups is 1. The molecule has 1 fully saturated rings. The number of carbonyl (C=O) groups is 2. The van der Waals surface area contributed by atoms with Gasteiger partial charge in [0, 0.05) is 6.08 Å². The predicted molar refractivity (Wildman–Crippen MR) is 108 cm³/mol. The first-order valence-electron chi connectivity index (χ1n) is 8.15. The Bertz CT molecular complexity index is 937. The van der Waals surface area contributed by atoms with E-state index in [-0.39, 0.29) is 10.8 Å². The molecular weight excluding hydrogens is 362 g/mol. The van der Waals surface area contributed by atoms with Crippen molar-refractivity contribution >= 4 is 40.2 Å². The average Bonchev–Trinajstić information content (AvgIpc) is 3.02. The Kier molecular flexibility index (Phi) is 5.83. The van der Waals surface area contributed by atoms with Gasteiger partial charge < -0.3 is 4.74 Å². The molecule has 1 aliphatic heterocycles. The lowest BCUT2D eigenvalue weighted by Gasteiger charge is -2.14. The van der Waals surface area contributed by atoms with Gasteiger partial charge in [-0.15, -0.1) is 5.10 Å². The third-order valence-corrected chi connectivity index (χ3v) is 4.71. The minimum Gasteiger partial charge on any atom is -0.466 e. The van der Waals surface area contributed by atoms with Gasteiger partial charge in [-0.2, -0.15) is 5.10 Å². The van der Waals surface area contributed by atoms with Crippen molar-refractivity contribution in [3.8, 4) is 0 Å². The van der Waals surface area contributed by atoms with E-state index in [4.69, 9.17) is 0 Å². The number of hydrogen-bond acceptors (Lipinski definition) is 6. The normalized spacial score (nSPS) is 17.6. The zero-order valence-corrected chi connectivity index (χ0v) is 15.6. The summed E-state index contributed by atoms with van der Waals surface area (Å²) in [6.45, 7) is 1.85. The SMILES string of the molecule is COC(=O)/C=C1\S/C(=N\N=C(/C)c2ccccc2)N(c2ccccc2)C1=O. The Balaban J connectivity index is 1.99. The van der Waals surface area contributed by atoms with Gasteiger partial charge in [0.2, 0.25) is 5.17 Å². The third kappa shape index (κ3) is 4.32. The van der Waals surface area contributed by atoms with Crippen molar-refractivity contribution in [1.29, 1.82) is 0 Å². The molecule has 1 amide bonds. The molecule has 1 heterocycles. The van der Waals surface area contributed by atoms with E-state index in [9.17, 15) is 9.59 Å². The van der Waals surface area contributed by atoms with Crippen LogP contribution in [0, 0.1) is 0 Å². The maximum Gasteiger partial charge on any atom is 0.331 e. The Morgan fingerprint density at radius 3 is 2.33 bits per heavy atom. The number of thioether (sulfide) groups is 1. The highest BCUT2D eigenvalue weighted by molar-refractivity contribution is 8.19. The molecule has 27 heavy (non-hydrogen) atoms. The molecule has 0 saturated carbocycles. The van der Waals surface area contributed by atoms with Crippen LogP contribution in [0.15, 0.2) is 81.8 Å². The van der Waals surface area contributed by atoms with Crippen LogP contribution in [0.3, 0.4) is 0 Å². The van der Waals surface area contributed by atoms with Crippen LogP contribution in [0.1, 0.15) is 12.5 Å². The summed E-state index contributed by atoms with van der Waals surface area (Å²) in [5.41, 5.74) is 2.30. The molecule has 6 nitrogen and oxygen atoms in total. The summed E-state index contributed by atoms with van der Waals surface area (Å²) in [5, 5.41) is 8.91. The summed E-state index contributed by atoms with van der Waals surface area (Å²) in [7, 11) is 1.26. The number of rotatable bonds is 4. The molecular formula is C20H17N3O3S. The Labute approximate surface area is 161 Å². The van der Waals surface area contributed by atoms with Crippen molar-refractivity contribution in [3.63, 3.8) is 0 Å². The van der Waals surface area contributed by atoms with Gasteiger partial charge >= 0.3 is 5.97 Å². The lowest BCUT2D eigenvalue weighted by molar-refractivity contribution is -0.135. The van der Waals surface area contributed by atoms with Gasteiger partial charge in [0.05, 0.1) is 23.4 Å². The molecule has 3 rings (SSSR count). The van der Waals surface area contributed by atoms with Gasteiger partial charge in [-0.05, 0) is 36.4 Å². The van der Waals surface area contributed by atoms with Crippen LogP contribution in [-0.4, -0.2) is 29.9 Å². The molecule has 0 radical (unpaired) electrons. The highest BCUT2D eigenvalue weighted by Crippen LogP contribution is 2.34. The van der Waals surface area contributed by atoms with Crippen molar-refractivity contribution in [3.05, 3.63) is 77.2 Å². The second kappa shape index (κ2) is 8.46. The number of nitrogens with zero attached hydrogens (tertiary/aromatic N) is 3. The van der Waals surface area contributed by atoms with Crippen molar-refractivity contribution < 1.29 is 14.3 Å². The first kappa shape index (κ1) is 18.6. The maximum absolute atomic E-state index is 12.8. The van der Waals surface area contributed by atoms with Gasteiger partial charge in [-0.25, -0.2) is 4.79 Å². The van der Waals surface area contributed by atoms with Gasteiger partial charge in [0.25, 0.3) is 5.91 Å². The van der Waals surface area contributed by atoms with Crippen molar-refractivity contribution in [2.45, 2.75) is 6.92 Å². The Hall–Kier alpha value is -3.19. The number of para-hydroxylation sites is 1. The predicted octanol–water partition coefficient (Wildman–Crippen LogP) is 3.60. The molecule has 7 heteroatoms. The quantitative estimate of drug-likeness (QED) is 0.352. The number of anilines is 1. The summed E-state index contributed by atoms with van der Waals surface area (Å²) in [6.07, 6.45) is 1.17. The van der Waals surface area contributed by atoms with Gasteiger partial charge in [0.1, 0.15) is 0 Å². The molecule has 0 unspecified atom stereocenters. The minimum absolute atomic E-state index is 0.233. The van der Waals surface area contributed by atoms with E-state index in [1.54, 1.807) is 12.1 Å². The topological polar surface area (TPSA) is 71.3 Å². The zero-order chi connectivity index (χ0) is 19.2. The van der Waals surface area contributed by atoms with Gasteiger partial charge in [0.15, 0.2) is 0 Å². The second-order valence-electron chi connectivity index (χ2n) is 5.54. The third-order valence-electron chi connectivity index (χ3n) is 3.75. The average molecular weight is 379 g/mol. The molecule has 0 bridgehead atoms. The number of methoxy groups -OCH3 is 1. The van der Waals surface area contributed by atoms with E-state index in [0.717, 1.165) is 23.0 Å². The fourth-order valence-electron chi connectivity index (χ4n) is 2.37. The van der Waals surface area contributed by atoms with Gasteiger partial charge in [-0.1, -0.05) is 48.5 Å². The second-order valence-corrected chi connectivity index (χ2v) is 6.55. The largest absolute Gasteiger partial charge is 0.466 e. The van der Waals surface area contributed by atoms with E-state index in [1.165, 1.54) is 18.1 Å². The van der Waals surface area contributed by atoms with Crippen LogP contribution in [0.2, 0.25) is 0 Å². The summed E-state index contributed by atoms with van der Waals surface area (Å²) in [5.74, 6) is -0.938. The number of esters is 1. The summed E-state index contributed by atoms with van der Waals surface area (Å²) >= 11 is 1.08. The Morgan fingerprint density at radius 1 is 1.07 bits per heavy atom. The molecule has 2 aromatic rings. The maximum atomic E-state index is 12.8. The molecule has 1 saturated heterocycles. The van der Waals surface area contributed by atoms with Crippen LogP contribution in [-0.2, 0) is 14.3 Å². The first-order chi connectivity index (χ1) is 13.1. The molecule has 0 atom stereocenters. The molecule has 0 aliphatic carbocycles. The molecule has 0 spiro atoms. The standard InChI is InChI=1S/C20H17N3O3S/c1-14(15-9-5-3-6-10-15)21-22-20-23(16-11-7-4-8-12-16)19(25)17(27-20)13-18(24)26-2/h3-13H,1-2H3/b17-13-,21-14+,22-20-. The van der Waals surface area contributed by atoms with Crippen LogP contribution < -0.4 is 4.90 Å². The highest BCUT2D eigenvalue weighted by Gasteiger charge is 2.35. The van der Waals surface area contributed by atoms with Crippen molar-refractivity contribution in [2.75, 3.05) is 12.0 Å². The number of ether oxygens (including phenoxy) is 1. The van der Waals surface area contributed by atoms with Crippen LogP contribution in [0.25, 0.3) is 0 Å². The van der Waals surface area contributed by atoms with Crippen LogP contribution >= 0.6 is 11.8 Å². The van der Waals surface area contributed by atoms with E-state index < -0.39 is 5.97 Å². The molecule has 1 aliphatic rings. The monoisotopic (exact) mass is 379 g/mol. The fraction of sp³-hybridized carbons (Fsp3) is 0.100. The Morgan fingerprint density at radius 2 is 1.70 bits per heavy atom. The molecule has 0 N–H and O–H groups in total. The lowest BCUT2D eigenvalue weighted by atomic mass is 10.1. The molecule has 0 aromatic heterocycles. The van der Waals surface area contributed by atoms with Crippen molar-refractivity contribution in [1.82, 2.24) is 0 Å². The van der Waals surface area contributed by atoms with Crippen LogP contribution in [0.5, 0.6) is 0 Å². The van der Waals surface area contributed by atoms with E-state index in [0.29, 0.717) is 10.9 Å². The van der Waals surface area contributed by atoms with Crippen LogP contribution in [0.4, 0.5) is 5.69 Å².